The highest BCUT2D eigenvalue weighted by Gasteiger charge is 2.20. The number of aromatic hydroxyl groups is 1. The second kappa shape index (κ2) is 3.98. The summed E-state index contributed by atoms with van der Waals surface area (Å²) in [7, 11) is 0. The van der Waals surface area contributed by atoms with Gasteiger partial charge in [0.2, 0.25) is 0 Å². The van der Waals surface area contributed by atoms with Gasteiger partial charge in [-0.2, -0.15) is 0 Å². The molecule has 3 N–H and O–H groups in total. The van der Waals surface area contributed by atoms with Gasteiger partial charge in [0, 0.05) is 6.04 Å². The molecule has 14 heavy (non-hydrogen) atoms. The lowest BCUT2D eigenvalue weighted by atomic mass is 9.96. The van der Waals surface area contributed by atoms with E-state index in [1.807, 2.05) is 0 Å². The van der Waals surface area contributed by atoms with Crippen LogP contribution in [0, 0.1) is 0 Å². The van der Waals surface area contributed by atoms with E-state index in [1.54, 1.807) is 24.3 Å². The average Bonchev–Trinajstić information content (AvgIpc) is 2.12. The Morgan fingerprint density at radius 2 is 2.00 bits per heavy atom. The van der Waals surface area contributed by atoms with E-state index >= 15 is 0 Å². The van der Waals surface area contributed by atoms with Crippen molar-refractivity contribution < 1.29 is 10.2 Å². The predicted molar refractivity (Wildman–Crippen MR) is 54.1 cm³/mol. The molecule has 3 heteroatoms. The lowest BCUT2D eigenvalue weighted by molar-refractivity contribution is 0.136. The quantitative estimate of drug-likeness (QED) is 0.675. The lowest BCUT2D eigenvalue weighted by Gasteiger charge is -2.29. The van der Waals surface area contributed by atoms with Gasteiger partial charge in [-0.3, -0.25) is 0 Å². The Balaban J connectivity index is 1.95. The Morgan fingerprint density at radius 3 is 2.50 bits per heavy atom. The molecule has 1 aliphatic heterocycles. The summed E-state index contributed by atoms with van der Waals surface area (Å²) in [5, 5.41) is 22.2. The Kier molecular flexibility index (Phi) is 2.70. The fourth-order valence-corrected chi connectivity index (χ4v) is 1.65. The minimum absolute atomic E-state index is 0.239. The summed E-state index contributed by atoms with van der Waals surface area (Å²) in [4.78, 5) is 0. The number of hydrogen-bond acceptors (Lipinski definition) is 3. The van der Waals surface area contributed by atoms with Crippen LogP contribution in [-0.4, -0.2) is 22.8 Å². The van der Waals surface area contributed by atoms with Crippen molar-refractivity contribution in [2.24, 2.45) is 0 Å². The zero-order valence-corrected chi connectivity index (χ0v) is 7.98. The maximum atomic E-state index is 9.83. The monoisotopic (exact) mass is 193 g/mol. The zero-order valence-electron chi connectivity index (χ0n) is 7.98. The molecule has 2 atom stereocenters. The Hall–Kier alpha value is -1.06. The molecule has 1 heterocycles. The van der Waals surface area contributed by atoms with E-state index in [0.29, 0.717) is 6.04 Å². The highest BCUT2D eigenvalue weighted by Crippen LogP contribution is 2.23. The summed E-state index contributed by atoms with van der Waals surface area (Å²) in [5.41, 5.74) is 0.872. The third-order valence-electron chi connectivity index (χ3n) is 2.71. The summed E-state index contributed by atoms with van der Waals surface area (Å²) in [6.07, 6.45) is 1.48. The molecule has 0 saturated carbocycles. The number of phenolic OH excluding ortho intramolecular Hbond substituents is 1. The molecule has 0 spiro atoms. The number of aliphatic hydroxyl groups excluding tert-OH is 1. The van der Waals surface area contributed by atoms with E-state index in [0.717, 1.165) is 24.9 Å². The molecule has 0 aliphatic carbocycles. The van der Waals surface area contributed by atoms with Crippen molar-refractivity contribution >= 4 is 0 Å². The summed E-state index contributed by atoms with van der Waals surface area (Å²) < 4.78 is 0. The van der Waals surface area contributed by atoms with Crippen LogP contribution in [0.1, 0.15) is 24.5 Å². The van der Waals surface area contributed by atoms with Crippen LogP contribution in [0.2, 0.25) is 0 Å². The van der Waals surface area contributed by atoms with Gasteiger partial charge in [-0.05, 0) is 37.1 Å². The van der Waals surface area contributed by atoms with Gasteiger partial charge >= 0.3 is 0 Å². The Labute approximate surface area is 83.4 Å². The van der Waals surface area contributed by atoms with Crippen LogP contribution < -0.4 is 5.32 Å². The highest BCUT2D eigenvalue weighted by molar-refractivity contribution is 5.27. The second-order valence-corrected chi connectivity index (χ2v) is 3.78. The van der Waals surface area contributed by atoms with Gasteiger partial charge in [0.15, 0.2) is 0 Å². The molecule has 1 aliphatic rings. The molecule has 76 valence electrons. The normalized spacial score (nSPS) is 22.8. The number of rotatable bonds is 3. The Morgan fingerprint density at radius 1 is 1.36 bits per heavy atom. The standard InChI is InChI=1S/C11H15NO2/c13-10-3-1-8(2-4-10)11(14)7-9-5-6-12-9/h1-4,9,11-14H,5-7H2. The van der Waals surface area contributed by atoms with Crippen LogP contribution in [0.5, 0.6) is 5.75 Å². The van der Waals surface area contributed by atoms with E-state index in [2.05, 4.69) is 5.32 Å². The highest BCUT2D eigenvalue weighted by atomic mass is 16.3. The van der Waals surface area contributed by atoms with Crippen LogP contribution >= 0.6 is 0 Å². The third kappa shape index (κ3) is 2.05. The number of phenols is 1. The van der Waals surface area contributed by atoms with Gasteiger partial charge < -0.3 is 15.5 Å². The smallest absolute Gasteiger partial charge is 0.115 e. The SMILES string of the molecule is Oc1ccc(C(O)CC2CCN2)cc1. The van der Waals surface area contributed by atoms with Gasteiger partial charge in [-0.15, -0.1) is 0 Å². The maximum Gasteiger partial charge on any atom is 0.115 e. The van der Waals surface area contributed by atoms with E-state index in [4.69, 9.17) is 5.11 Å². The molecule has 2 unspecified atom stereocenters. The third-order valence-corrected chi connectivity index (χ3v) is 2.71. The first-order chi connectivity index (χ1) is 6.75. The second-order valence-electron chi connectivity index (χ2n) is 3.78. The number of hydrogen-bond donors (Lipinski definition) is 3. The first-order valence-electron chi connectivity index (χ1n) is 4.96. The van der Waals surface area contributed by atoms with Crippen molar-refractivity contribution in [3.63, 3.8) is 0 Å². The van der Waals surface area contributed by atoms with Crippen molar-refractivity contribution in [2.45, 2.75) is 25.0 Å². The van der Waals surface area contributed by atoms with Crippen LogP contribution in [0.3, 0.4) is 0 Å². The van der Waals surface area contributed by atoms with Gasteiger partial charge in [-0.1, -0.05) is 12.1 Å². The minimum atomic E-state index is -0.423. The molecule has 0 bridgehead atoms. The molecular formula is C11H15NO2. The van der Waals surface area contributed by atoms with Crippen LogP contribution in [-0.2, 0) is 0 Å². The number of nitrogens with one attached hydrogen (secondary N) is 1. The molecule has 2 rings (SSSR count). The topological polar surface area (TPSA) is 52.5 Å². The van der Waals surface area contributed by atoms with Crippen molar-refractivity contribution in [2.75, 3.05) is 6.54 Å². The van der Waals surface area contributed by atoms with Crippen molar-refractivity contribution in [3.8, 4) is 5.75 Å². The molecule has 0 aromatic heterocycles. The van der Waals surface area contributed by atoms with Gasteiger partial charge in [0.25, 0.3) is 0 Å². The van der Waals surface area contributed by atoms with Gasteiger partial charge in [-0.25, -0.2) is 0 Å². The van der Waals surface area contributed by atoms with Gasteiger partial charge in [0.1, 0.15) is 5.75 Å². The largest absolute Gasteiger partial charge is 0.508 e. The van der Waals surface area contributed by atoms with Gasteiger partial charge in [0.05, 0.1) is 6.10 Å². The Bertz CT molecular complexity index is 293. The van der Waals surface area contributed by atoms with Crippen LogP contribution in [0.25, 0.3) is 0 Å². The minimum Gasteiger partial charge on any atom is -0.508 e. The lowest BCUT2D eigenvalue weighted by Crippen LogP contribution is -2.43. The molecular weight excluding hydrogens is 178 g/mol. The molecule has 0 amide bonds. The van der Waals surface area contributed by atoms with Crippen molar-refractivity contribution in [3.05, 3.63) is 29.8 Å². The van der Waals surface area contributed by atoms with Crippen LogP contribution in [0.4, 0.5) is 0 Å². The molecule has 1 aromatic carbocycles. The van der Waals surface area contributed by atoms with Crippen molar-refractivity contribution in [1.29, 1.82) is 0 Å². The summed E-state index contributed by atoms with van der Waals surface area (Å²) in [6, 6.07) is 7.19. The number of benzene rings is 1. The average molecular weight is 193 g/mol. The van der Waals surface area contributed by atoms with E-state index in [1.165, 1.54) is 0 Å². The van der Waals surface area contributed by atoms with E-state index < -0.39 is 6.10 Å². The molecule has 0 radical (unpaired) electrons. The first-order valence-corrected chi connectivity index (χ1v) is 4.96. The maximum absolute atomic E-state index is 9.83. The summed E-state index contributed by atoms with van der Waals surface area (Å²) in [6.45, 7) is 1.06. The fourth-order valence-electron chi connectivity index (χ4n) is 1.65. The molecule has 3 nitrogen and oxygen atoms in total. The number of aliphatic hydroxyl groups is 1. The van der Waals surface area contributed by atoms with Crippen LogP contribution in [0.15, 0.2) is 24.3 Å². The molecule has 1 aromatic rings. The van der Waals surface area contributed by atoms with E-state index in [-0.39, 0.29) is 5.75 Å². The zero-order chi connectivity index (χ0) is 9.97. The predicted octanol–water partition coefficient (Wildman–Crippen LogP) is 1.18. The molecule has 1 fully saturated rings. The summed E-state index contributed by atoms with van der Waals surface area (Å²) in [5.74, 6) is 0.239. The van der Waals surface area contributed by atoms with E-state index in [9.17, 15) is 5.11 Å². The summed E-state index contributed by atoms with van der Waals surface area (Å²) >= 11 is 0. The first kappa shape index (κ1) is 9.49. The van der Waals surface area contributed by atoms with Crippen molar-refractivity contribution in [1.82, 2.24) is 5.32 Å². The fraction of sp³-hybridized carbons (Fsp3) is 0.455. The molecule has 1 saturated heterocycles.